The third kappa shape index (κ3) is 22.6. The van der Waals surface area contributed by atoms with E-state index in [-0.39, 0.29) is 18.9 Å². The number of benzene rings is 1. The lowest BCUT2D eigenvalue weighted by Gasteiger charge is -2.51. The van der Waals surface area contributed by atoms with Gasteiger partial charge in [-0.2, -0.15) is 0 Å². The Morgan fingerprint density at radius 3 is 1.74 bits per heavy atom. The van der Waals surface area contributed by atoms with Gasteiger partial charge in [0.2, 0.25) is 0 Å². The Balaban J connectivity index is 1.25. The Kier molecular flexibility index (Phi) is 32.4. The second-order valence-corrected chi connectivity index (χ2v) is 27.0. The number of esters is 4. The van der Waals surface area contributed by atoms with Crippen LogP contribution < -0.4 is 0 Å². The molecule has 26 atom stereocenters. The van der Waals surface area contributed by atoms with Crippen LogP contribution in [0, 0.1) is 5.92 Å². The van der Waals surface area contributed by atoms with Crippen LogP contribution in [-0.2, 0) is 85.5 Å². The van der Waals surface area contributed by atoms with E-state index < -0.39 is 183 Å². The van der Waals surface area contributed by atoms with Crippen LogP contribution >= 0.6 is 0 Å². The Morgan fingerprint density at radius 2 is 1.04 bits per heavy atom. The highest BCUT2D eigenvalue weighted by Crippen LogP contribution is 2.40. The normalized spacial score (nSPS) is 38.9. The van der Waals surface area contributed by atoms with Gasteiger partial charge >= 0.3 is 23.9 Å². The number of ether oxygens (including phenoxy) is 14. The second kappa shape index (κ2) is 39.2. The molecule has 0 aromatic heterocycles. The van der Waals surface area contributed by atoms with E-state index in [0.29, 0.717) is 37.7 Å². The van der Waals surface area contributed by atoms with Crippen LogP contribution in [-0.4, -0.2) is 219 Å². The molecule has 0 spiro atoms. The van der Waals surface area contributed by atoms with Gasteiger partial charge in [-0.1, -0.05) is 161 Å². The highest BCUT2D eigenvalue weighted by molar-refractivity contribution is 5.87. The molecule has 6 aliphatic heterocycles. The average molecular weight is 1350 g/mol. The molecular formula is C70H112O25. The van der Waals surface area contributed by atoms with Gasteiger partial charge in [-0.15, -0.1) is 0 Å². The van der Waals surface area contributed by atoms with Gasteiger partial charge in [0.15, 0.2) is 55.9 Å². The van der Waals surface area contributed by atoms with Crippen molar-refractivity contribution in [2.75, 3.05) is 0 Å². The maximum Gasteiger partial charge on any atom is 0.331 e. The number of aliphatic hydroxyl groups excluding tert-OH is 7. The molecule has 7 rings (SSSR count). The molecule has 542 valence electrons. The van der Waals surface area contributed by atoms with E-state index >= 15 is 0 Å². The molecule has 25 heteroatoms. The average Bonchev–Trinajstić information content (AvgIpc) is 0.776. The zero-order valence-electron chi connectivity index (χ0n) is 57.2. The number of fused-ring (bicyclic) bond motifs is 2. The number of carbonyl (C=O) groups is 4. The Labute approximate surface area is 560 Å². The quantitative estimate of drug-likeness (QED) is 0.0242. The highest BCUT2D eigenvalue weighted by atomic mass is 16.8. The van der Waals surface area contributed by atoms with Crippen molar-refractivity contribution in [1.82, 2.24) is 0 Å². The summed E-state index contributed by atoms with van der Waals surface area (Å²) >= 11 is 0. The first-order chi connectivity index (χ1) is 45.5. The van der Waals surface area contributed by atoms with Crippen molar-refractivity contribution in [3.63, 3.8) is 0 Å². The fraction of sp³-hybridized carbons (Fsp3) is 0.829. The van der Waals surface area contributed by atoms with E-state index in [0.717, 1.165) is 102 Å². The van der Waals surface area contributed by atoms with E-state index in [4.69, 9.17) is 66.3 Å². The predicted molar refractivity (Wildman–Crippen MR) is 341 cm³/mol. The molecule has 25 nitrogen and oxygen atoms in total. The summed E-state index contributed by atoms with van der Waals surface area (Å²) in [6.07, 6.45) is -19.3. The van der Waals surface area contributed by atoms with E-state index in [1.807, 2.05) is 0 Å². The fourth-order valence-electron chi connectivity index (χ4n) is 13.0. The summed E-state index contributed by atoms with van der Waals surface area (Å²) in [7, 11) is 0. The first-order valence-corrected chi connectivity index (χ1v) is 35.4. The van der Waals surface area contributed by atoms with Gasteiger partial charge < -0.3 is 102 Å². The van der Waals surface area contributed by atoms with Gasteiger partial charge in [-0.3, -0.25) is 14.4 Å². The molecule has 95 heavy (non-hydrogen) atoms. The Morgan fingerprint density at radius 1 is 0.495 bits per heavy atom. The van der Waals surface area contributed by atoms with Crippen LogP contribution in [0.3, 0.4) is 0 Å². The summed E-state index contributed by atoms with van der Waals surface area (Å²) in [5, 5.41) is 82.0. The van der Waals surface area contributed by atoms with Crippen molar-refractivity contribution in [2.24, 2.45) is 5.92 Å². The molecule has 6 aliphatic rings. The van der Waals surface area contributed by atoms with Crippen LogP contribution in [0.25, 0.3) is 6.08 Å². The van der Waals surface area contributed by atoms with Crippen molar-refractivity contribution in [3.05, 3.63) is 42.0 Å². The summed E-state index contributed by atoms with van der Waals surface area (Å²) in [5.74, 6) is -3.72. The Hall–Kier alpha value is -3.84. The number of hydrogen-bond acceptors (Lipinski definition) is 25. The molecule has 0 radical (unpaired) electrons. The molecular weight excluding hydrogens is 1240 g/mol. The molecule has 0 aliphatic carbocycles. The molecule has 0 saturated carbocycles. The van der Waals surface area contributed by atoms with Crippen molar-refractivity contribution >= 4 is 30.0 Å². The smallest absolute Gasteiger partial charge is 0.331 e. The van der Waals surface area contributed by atoms with Crippen LogP contribution in [0.5, 0.6) is 0 Å². The number of carbonyl (C=O) groups excluding carboxylic acids is 4. The topological polar surface area (TPSA) is 339 Å². The zero-order chi connectivity index (χ0) is 68.9. The van der Waals surface area contributed by atoms with Crippen LogP contribution in [0.4, 0.5) is 0 Å². The molecule has 6 heterocycles. The molecule has 1 aromatic rings. The lowest BCUT2D eigenvalue weighted by atomic mass is 9.95. The predicted octanol–water partition coefficient (Wildman–Crippen LogP) is 6.81. The molecule has 6 fully saturated rings. The van der Waals surface area contributed by atoms with Gasteiger partial charge in [0.05, 0.1) is 42.5 Å². The molecule has 7 N–H and O–H groups in total. The monoisotopic (exact) mass is 1350 g/mol. The number of hydrogen-bond donors (Lipinski definition) is 7. The number of rotatable bonds is 24. The lowest BCUT2D eigenvalue weighted by Crippen LogP contribution is -2.68. The van der Waals surface area contributed by atoms with Gasteiger partial charge in [0, 0.05) is 18.9 Å². The van der Waals surface area contributed by atoms with Crippen LogP contribution in [0.1, 0.15) is 209 Å². The standard InChI is InChI=1S/C70H112O25/c1-10-12-14-15-18-22-30-36-48(72)90-64-63(95-66-54(78)52(76)50(74)40(5)82-66)59(93-67-56(80)60(58(43(8)84-67)91-65(81)39(3)4)88-49(73)38-37-45-31-26-24-27-32-45)44(9)86-70(64)92-57-42(7)85-69-62(55(57)79)89-47(71)35-29-23-20-17-16-19-21-28-34-46(33-25-13-11-2)87-68-61(94-69)53(77)51(75)41(6)83-68/h24,26-27,31-32,37-44,46,50-64,66-70,74-80H,10-23,25,28-30,33-36H2,1-9H3/b38-37+/t40-,41+,42-,43-,44-,46-,50-,51-,52+,53-,54+,55+,56+,57-,58-,59-,60-,61+,62+,63+,64+,66-,67-,68-,69-,70-/m0/s1. The number of unbranched alkanes of at least 4 members (excludes halogenated alkanes) is 8. The maximum absolute atomic E-state index is 14.5. The van der Waals surface area contributed by atoms with Crippen molar-refractivity contribution in [1.29, 1.82) is 0 Å². The summed E-state index contributed by atoms with van der Waals surface area (Å²) in [6.45, 7) is 15.1. The summed E-state index contributed by atoms with van der Waals surface area (Å²) in [6, 6.07) is 8.88. The first-order valence-electron chi connectivity index (χ1n) is 35.4. The van der Waals surface area contributed by atoms with Gasteiger partial charge in [0.25, 0.3) is 0 Å². The number of aliphatic hydroxyl groups is 7. The molecule has 0 bridgehead atoms. The molecule has 1 aromatic carbocycles. The lowest BCUT2D eigenvalue weighted by molar-refractivity contribution is -0.399. The van der Waals surface area contributed by atoms with Gasteiger partial charge in [0.1, 0.15) is 67.1 Å². The maximum atomic E-state index is 14.5. The summed E-state index contributed by atoms with van der Waals surface area (Å²) < 4.78 is 89.4. The van der Waals surface area contributed by atoms with Crippen LogP contribution in [0.15, 0.2) is 36.4 Å². The van der Waals surface area contributed by atoms with Crippen molar-refractivity contribution in [2.45, 2.75) is 363 Å². The van der Waals surface area contributed by atoms with E-state index in [9.17, 15) is 54.9 Å². The summed E-state index contributed by atoms with van der Waals surface area (Å²) in [4.78, 5) is 55.4. The zero-order valence-corrected chi connectivity index (χ0v) is 57.2. The third-order valence-corrected chi connectivity index (χ3v) is 18.8. The molecule has 6 saturated heterocycles. The SMILES string of the molecule is CCCCCCCCCC(=O)O[C@H]1[C@H](O[C@@H]2[C@@H](O)[C@H]3OC(=O)CCCCCCCCCC[C@H](CCCCC)O[C@@H]4O[C@H](C)[C@H](O)[C@H](O)[C@H]4O[C@@H]3O[C@H]2C)O[C@@H](C)[C@H](O[C@@H]2O[C@@H](C)[C@H](OC(=O)C(C)C)[C@@H](OC(=O)/C=C/c3ccccc3)[C@H]2O)[C@H]1O[C@@H]1O[C@@H](C)[C@H](O)[C@@H](O)[C@H]1O. The first kappa shape index (κ1) is 78.5. The Bertz CT molecular complexity index is 2450. The van der Waals surface area contributed by atoms with E-state index in [2.05, 4.69) is 13.8 Å². The van der Waals surface area contributed by atoms with E-state index in [1.165, 1.54) is 33.8 Å². The fourth-order valence-corrected chi connectivity index (χ4v) is 13.0. The van der Waals surface area contributed by atoms with E-state index in [1.54, 1.807) is 51.1 Å². The largest absolute Gasteiger partial charge is 0.455 e. The van der Waals surface area contributed by atoms with Crippen LogP contribution in [0.2, 0.25) is 0 Å². The van der Waals surface area contributed by atoms with Crippen molar-refractivity contribution < 1.29 is 121 Å². The third-order valence-electron chi connectivity index (χ3n) is 18.8. The molecule has 0 unspecified atom stereocenters. The second-order valence-electron chi connectivity index (χ2n) is 27.0. The summed E-state index contributed by atoms with van der Waals surface area (Å²) in [5.41, 5.74) is 0.663. The highest BCUT2D eigenvalue weighted by Gasteiger charge is 2.59. The minimum atomic E-state index is -1.94. The minimum Gasteiger partial charge on any atom is -0.455 e. The minimum absolute atomic E-state index is 0.0378. The van der Waals surface area contributed by atoms with Gasteiger partial charge in [-0.05, 0) is 71.9 Å². The molecule has 0 amide bonds. The van der Waals surface area contributed by atoms with Crippen molar-refractivity contribution in [3.8, 4) is 0 Å². The van der Waals surface area contributed by atoms with Gasteiger partial charge in [-0.25, -0.2) is 4.79 Å².